The van der Waals surface area contributed by atoms with Crippen LogP contribution in [0, 0.1) is 0 Å². The highest BCUT2D eigenvalue weighted by Gasteiger charge is 2.31. The number of carbonyl (C=O) groups is 3. The van der Waals surface area contributed by atoms with Crippen LogP contribution in [0.5, 0.6) is 0 Å². The fourth-order valence-corrected chi connectivity index (χ4v) is 2.72. The number of anilines is 1. The molecule has 0 radical (unpaired) electrons. The minimum Gasteiger partial charge on any atom is -0.452 e. The Morgan fingerprint density at radius 2 is 1.88 bits per heavy atom. The molecular formula is C17H23N3O4. The van der Waals surface area contributed by atoms with Crippen LogP contribution < -0.4 is 10.6 Å². The number of nitrogens with zero attached hydrogens (tertiary/aromatic N) is 2. The van der Waals surface area contributed by atoms with Crippen molar-refractivity contribution in [3.8, 4) is 0 Å². The molecule has 1 aromatic rings. The lowest BCUT2D eigenvalue weighted by atomic mass is 10.0. The zero-order chi connectivity index (χ0) is 17.7. The number of nitrogens with two attached hydrogens (primary N) is 1. The van der Waals surface area contributed by atoms with Crippen LogP contribution >= 0.6 is 0 Å². The van der Waals surface area contributed by atoms with Gasteiger partial charge in [0.1, 0.15) is 6.04 Å². The molecule has 24 heavy (non-hydrogen) atoms. The summed E-state index contributed by atoms with van der Waals surface area (Å²) in [6, 6.07) is 6.28. The third-order valence-electron chi connectivity index (χ3n) is 4.10. The second kappa shape index (κ2) is 7.81. The Morgan fingerprint density at radius 3 is 2.46 bits per heavy atom. The van der Waals surface area contributed by atoms with E-state index in [1.54, 1.807) is 24.3 Å². The predicted octanol–water partition coefficient (Wildman–Crippen LogP) is 0.776. The fraction of sp³-hybridized carbons (Fsp3) is 0.471. The largest absolute Gasteiger partial charge is 0.452 e. The smallest absolute Gasteiger partial charge is 0.338 e. The molecule has 0 aliphatic carbocycles. The van der Waals surface area contributed by atoms with E-state index in [2.05, 4.69) is 0 Å². The van der Waals surface area contributed by atoms with Crippen molar-refractivity contribution < 1.29 is 19.1 Å². The standard InChI is InChI=1S/C17H23N3O4/c1-19(2)13-8-6-12(7-9-13)17(23)24-11-15(21)20-10-4-3-5-14(20)16(18)22/h6-9,14H,3-5,10-11H2,1-2H3,(H2,18,22). The monoisotopic (exact) mass is 333 g/mol. The summed E-state index contributed by atoms with van der Waals surface area (Å²) >= 11 is 0. The van der Waals surface area contributed by atoms with Gasteiger partial charge in [-0.05, 0) is 43.5 Å². The highest BCUT2D eigenvalue weighted by molar-refractivity contribution is 5.92. The predicted molar refractivity (Wildman–Crippen MR) is 89.6 cm³/mol. The van der Waals surface area contributed by atoms with Crippen molar-refractivity contribution in [2.75, 3.05) is 32.1 Å². The molecule has 7 nitrogen and oxygen atoms in total. The molecule has 1 aliphatic heterocycles. The van der Waals surface area contributed by atoms with Crippen molar-refractivity contribution in [1.29, 1.82) is 0 Å². The van der Waals surface area contributed by atoms with Crippen LogP contribution in [0.15, 0.2) is 24.3 Å². The van der Waals surface area contributed by atoms with Crippen molar-refractivity contribution >= 4 is 23.5 Å². The Balaban J connectivity index is 1.92. The molecule has 0 bridgehead atoms. The molecule has 0 spiro atoms. The molecule has 2 rings (SSSR count). The maximum Gasteiger partial charge on any atom is 0.338 e. The van der Waals surface area contributed by atoms with Gasteiger partial charge in [0, 0.05) is 26.3 Å². The molecule has 1 heterocycles. The zero-order valence-corrected chi connectivity index (χ0v) is 14.0. The average molecular weight is 333 g/mol. The van der Waals surface area contributed by atoms with Gasteiger partial charge in [0.05, 0.1) is 5.56 Å². The Hall–Kier alpha value is -2.57. The highest BCUT2D eigenvalue weighted by Crippen LogP contribution is 2.17. The third kappa shape index (κ3) is 4.24. The number of ether oxygens (including phenoxy) is 1. The minimum atomic E-state index is -0.607. The fourth-order valence-electron chi connectivity index (χ4n) is 2.72. The summed E-state index contributed by atoms with van der Waals surface area (Å²) in [5, 5.41) is 0. The molecule has 1 atom stereocenters. The van der Waals surface area contributed by atoms with Gasteiger partial charge in [-0.25, -0.2) is 4.79 Å². The van der Waals surface area contributed by atoms with Crippen LogP contribution in [0.2, 0.25) is 0 Å². The van der Waals surface area contributed by atoms with Gasteiger partial charge in [-0.3, -0.25) is 9.59 Å². The van der Waals surface area contributed by atoms with Gasteiger partial charge in [0.2, 0.25) is 5.91 Å². The second-order valence-corrected chi connectivity index (χ2v) is 6.02. The number of rotatable bonds is 5. The molecule has 0 saturated carbocycles. The van der Waals surface area contributed by atoms with E-state index in [-0.39, 0.29) is 0 Å². The molecular weight excluding hydrogens is 310 g/mol. The molecule has 130 valence electrons. The van der Waals surface area contributed by atoms with E-state index in [0.29, 0.717) is 18.5 Å². The SMILES string of the molecule is CN(C)c1ccc(C(=O)OCC(=O)N2CCCCC2C(N)=O)cc1. The number of likely N-dealkylation sites (tertiary alicyclic amines) is 1. The van der Waals surface area contributed by atoms with E-state index < -0.39 is 30.4 Å². The third-order valence-corrected chi connectivity index (χ3v) is 4.10. The average Bonchev–Trinajstić information content (AvgIpc) is 2.59. The van der Waals surface area contributed by atoms with E-state index >= 15 is 0 Å². The summed E-state index contributed by atoms with van der Waals surface area (Å²) < 4.78 is 5.08. The van der Waals surface area contributed by atoms with Gasteiger partial charge in [-0.2, -0.15) is 0 Å². The lowest BCUT2D eigenvalue weighted by Crippen LogP contribution is -2.51. The molecule has 7 heteroatoms. The topological polar surface area (TPSA) is 92.9 Å². The molecule has 1 saturated heterocycles. The van der Waals surface area contributed by atoms with Gasteiger partial charge in [0.15, 0.2) is 6.61 Å². The summed E-state index contributed by atoms with van der Waals surface area (Å²) in [4.78, 5) is 39.0. The Morgan fingerprint density at radius 1 is 1.21 bits per heavy atom. The molecule has 2 amide bonds. The van der Waals surface area contributed by atoms with Gasteiger partial charge in [0.25, 0.3) is 5.91 Å². The van der Waals surface area contributed by atoms with Crippen LogP contribution in [-0.4, -0.2) is 56.0 Å². The number of primary amides is 1. The number of carbonyl (C=O) groups excluding carboxylic acids is 3. The summed E-state index contributed by atoms with van der Waals surface area (Å²) in [5.74, 6) is -1.48. The molecule has 1 aliphatic rings. The first kappa shape index (κ1) is 17.8. The molecule has 1 aromatic carbocycles. The summed E-state index contributed by atoms with van der Waals surface area (Å²) in [6.07, 6.45) is 2.23. The maximum absolute atomic E-state index is 12.2. The molecule has 1 unspecified atom stereocenters. The van der Waals surface area contributed by atoms with Crippen molar-refractivity contribution in [3.05, 3.63) is 29.8 Å². The number of esters is 1. The molecule has 1 fully saturated rings. The normalized spacial score (nSPS) is 17.2. The van der Waals surface area contributed by atoms with Gasteiger partial charge >= 0.3 is 5.97 Å². The van der Waals surface area contributed by atoms with Crippen molar-refractivity contribution in [2.24, 2.45) is 5.73 Å². The van der Waals surface area contributed by atoms with Crippen LogP contribution in [0.25, 0.3) is 0 Å². The number of benzene rings is 1. The van der Waals surface area contributed by atoms with E-state index in [1.807, 2.05) is 19.0 Å². The first-order valence-corrected chi connectivity index (χ1v) is 7.93. The minimum absolute atomic E-state index is 0.374. The quantitative estimate of drug-likeness (QED) is 0.804. The first-order valence-electron chi connectivity index (χ1n) is 7.93. The second-order valence-electron chi connectivity index (χ2n) is 6.02. The van der Waals surface area contributed by atoms with Crippen LogP contribution in [0.4, 0.5) is 5.69 Å². The van der Waals surface area contributed by atoms with Gasteiger partial charge in [-0.15, -0.1) is 0 Å². The summed E-state index contributed by atoms with van der Waals surface area (Å²) in [7, 11) is 3.81. The van der Waals surface area contributed by atoms with Crippen molar-refractivity contribution in [3.63, 3.8) is 0 Å². The first-order chi connectivity index (χ1) is 11.4. The molecule has 2 N–H and O–H groups in total. The van der Waals surface area contributed by atoms with Crippen LogP contribution in [0.1, 0.15) is 29.6 Å². The highest BCUT2D eigenvalue weighted by atomic mass is 16.5. The zero-order valence-electron chi connectivity index (χ0n) is 14.0. The van der Waals surface area contributed by atoms with Crippen LogP contribution in [-0.2, 0) is 14.3 Å². The lowest BCUT2D eigenvalue weighted by molar-refractivity contribution is -0.143. The van der Waals surface area contributed by atoms with Crippen LogP contribution in [0.3, 0.4) is 0 Å². The Kier molecular flexibility index (Phi) is 5.78. The summed E-state index contributed by atoms with van der Waals surface area (Å²) in [5.41, 5.74) is 6.67. The van der Waals surface area contributed by atoms with E-state index in [4.69, 9.17) is 10.5 Å². The lowest BCUT2D eigenvalue weighted by Gasteiger charge is -2.33. The number of piperidine rings is 1. The van der Waals surface area contributed by atoms with Crippen molar-refractivity contribution in [1.82, 2.24) is 4.90 Å². The van der Waals surface area contributed by atoms with E-state index in [0.717, 1.165) is 18.5 Å². The summed E-state index contributed by atoms with van der Waals surface area (Å²) in [6.45, 7) is 0.0690. The maximum atomic E-state index is 12.2. The Bertz CT molecular complexity index is 613. The van der Waals surface area contributed by atoms with E-state index in [9.17, 15) is 14.4 Å². The number of hydrogen-bond acceptors (Lipinski definition) is 5. The van der Waals surface area contributed by atoms with Gasteiger partial charge < -0.3 is 20.3 Å². The van der Waals surface area contributed by atoms with Gasteiger partial charge in [-0.1, -0.05) is 0 Å². The van der Waals surface area contributed by atoms with Crippen molar-refractivity contribution in [2.45, 2.75) is 25.3 Å². The Labute approximate surface area is 141 Å². The number of amides is 2. The number of hydrogen-bond donors (Lipinski definition) is 1. The molecule has 0 aromatic heterocycles. The van der Waals surface area contributed by atoms with E-state index in [1.165, 1.54) is 4.90 Å².